The fraction of sp³-hybridized carbons (Fsp3) is 0.429. The smallest absolute Gasteiger partial charge is 0.229 e. The average molecular weight is 257 g/mol. The number of nitrogens with zero attached hydrogens (tertiary/aromatic N) is 3. The molecule has 0 aliphatic carbocycles. The van der Waals surface area contributed by atoms with Gasteiger partial charge in [0.1, 0.15) is 11.5 Å². The number of anilines is 2. The zero-order valence-corrected chi connectivity index (χ0v) is 11.2. The van der Waals surface area contributed by atoms with E-state index in [1.165, 1.54) is 12.8 Å². The molecule has 0 spiro atoms. The third kappa shape index (κ3) is 2.28. The number of H-pyrrole nitrogens is 1. The number of aromatic nitrogens is 3. The molecule has 3 heterocycles. The Morgan fingerprint density at radius 1 is 1.42 bits per heavy atom. The first-order valence-electron chi connectivity index (χ1n) is 6.75. The predicted molar refractivity (Wildman–Crippen MR) is 78.8 cm³/mol. The summed E-state index contributed by atoms with van der Waals surface area (Å²) >= 11 is 0. The molecule has 1 fully saturated rings. The highest BCUT2D eigenvalue weighted by atomic mass is 15.3. The summed E-state index contributed by atoms with van der Waals surface area (Å²) in [6, 6.07) is 2.08. The molecule has 0 bridgehead atoms. The molecule has 5 heteroatoms. The van der Waals surface area contributed by atoms with Crippen LogP contribution in [0.25, 0.3) is 11.0 Å². The van der Waals surface area contributed by atoms with Crippen molar-refractivity contribution in [2.75, 3.05) is 29.9 Å². The fourth-order valence-corrected chi connectivity index (χ4v) is 2.49. The van der Waals surface area contributed by atoms with Crippen LogP contribution in [0.2, 0.25) is 0 Å². The summed E-state index contributed by atoms with van der Waals surface area (Å²) in [4.78, 5) is 14.9. The third-order valence-corrected chi connectivity index (χ3v) is 3.41. The molecule has 0 radical (unpaired) electrons. The van der Waals surface area contributed by atoms with Crippen LogP contribution in [0.5, 0.6) is 0 Å². The van der Waals surface area contributed by atoms with Crippen molar-refractivity contribution < 1.29 is 0 Å². The Kier molecular flexibility index (Phi) is 3.11. The Morgan fingerprint density at radius 2 is 2.21 bits per heavy atom. The number of nitrogens with one attached hydrogen (secondary N) is 2. The van der Waals surface area contributed by atoms with E-state index in [1.54, 1.807) is 0 Å². The van der Waals surface area contributed by atoms with E-state index in [4.69, 9.17) is 0 Å². The molecule has 1 aliphatic rings. The summed E-state index contributed by atoms with van der Waals surface area (Å²) in [5, 5.41) is 4.34. The number of hydrogen-bond donors (Lipinski definition) is 2. The second kappa shape index (κ2) is 4.91. The van der Waals surface area contributed by atoms with Crippen LogP contribution in [0.3, 0.4) is 0 Å². The van der Waals surface area contributed by atoms with Gasteiger partial charge in [-0.05, 0) is 25.8 Å². The van der Waals surface area contributed by atoms with Gasteiger partial charge >= 0.3 is 0 Å². The van der Waals surface area contributed by atoms with Gasteiger partial charge in [0.2, 0.25) is 5.95 Å². The predicted octanol–water partition coefficient (Wildman–Crippen LogP) is 2.46. The lowest BCUT2D eigenvalue weighted by molar-refractivity contribution is 0.905. The first-order valence-corrected chi connectivity index (χ1v) is 6.75. The largest absolute Gasteiger partial charge is 0.366 e. The second-order valence-electron chi connectivity index (χ2n) is 4.95. The number of rotatable bonds is 4. The van der Waals surface area contributed by atoms with Crippen molar-refractivity contribution in [3.8, 4) is 0 Å². The minimum absolute atomic E-state index is 0.704. The van der Waals surface area contributed by atoms with Gasteiger partial charge in [-0.1, -0.05) is 6.08 Å². The van der Waals surface area contributed by atoms with Crippen molar-refractivity contribution >= 4 is 22.8 Å². The second-order valence-corrected chi connectivity index (χ2v) is 4.95. The minimum Gasteiger partial charge on any atom is -0.366 e. The van der Waals surface area contributed by atoms with E-state index in [0.717, 1.165) is 41.6 Å². The maximum atomic E-state index is 4.67. The quantitative estimate of drug-likeness (QED) is 0.826. The van der Waals surface area contributed by atoms with Crippen molar-refractivity contribution in [3.05, 3.63) is 24.4 Å². The molecule has 2 aromatic heterocycles. The van der Waals surface area contributed by atoms with E-state index in [2.05, 4.69) is 37.8 Å². The van der Waals surface area contributed by atoms with E-state index in [1.807, 2.05) is 13.0 Å². The van der Waals surface area contributed by atoms with Crippen molar-refractivity contribution in [1.82, 2.24) is 15.0 Å². The van der Waals surface area contributed by atoms with Gasteiger partial charge in [0, 0.05) is 25.3 Å². The Bertz CT molecular complexity index is 595. The SMILES string of the molecule is C=CCNc1nc(N2CCCC2)nc2[nH]c(C)cc12. The molecule has 2 N–H and O–H groups in total. The lowest BCUT2D eigenvalue weighted by atomic mass is 10.3. The van der Waals surface area contributed by atoms with Crippen LogP contribution in [-0.2, 0) is 0 Å². The Morgan fingerprint density at radius 3 is 2.95 bits per heavy atom. The molecule has 0 atom stereocenters. The van der Waals surface area contributed by atoms with Gasteiger partial charge < -0.3 is 15.2 Å². The lowest BCUT2D eigenvalue weighted by Crippen LogP contribution is -2.21. The van der Waals surface area contributed by atoms with Crippen molar-refractivity contribution in [2.24, 2.45) is 0 Å². The normalized spacial score (nSPS) is 15.1. The molecular weight excluding hydrogens is 238 g/mol. The highest BCUT2D eigenvalue weighted by Gasteiger charge is 2.18. The summed E-state index contributed by atoms with van der Waals surface area (Å²) in [6.45, 7) is 8.57. The number of hydrogen-bond acceptors (Lipinski definition) is 4. The minimum atomic E-state index is 0.704. The van der Waals surface area contributed by atoms with E-state index in [9.17, 15) is 0 Å². The Balaban J connectivity index is 2.05. The van der Waals surface area contributed by atoms with E-state index >= 15 is 0 Å². The van der Waals surface area contributed by atoms with Gasteiger partial charge in [0.05, 0.1) is 5.39 Å². The zero-order valence-electron chi connectivity index (χ0n) is 11.2. The van der Waals surface area contributed by atoms with E-state index < -0.39 is 0 Å². The van der Waals surface area contributed by atoms with Crippen LogP contribution >= 0.6 is 0 Å². The zero-order chi connectivity index (χ0) is 13.2. The molecule has 100 valence electrons. The van der Waals surface area contributed by atoms with Gasteiger partial charge in [0.25, 0.3) is 0 Å². The number of aromatic amines is 1. The van der Waals surface area contributed by atoms with Crippen LogP contribution in [0, 0.1) is 6.92 Å². The standard InChI is InChI=1S/C14H19N5/c1-3-6-15-12-11-9-10(2)16-13(11)18-14(17-12)19-7-4-5-8-19/h3,9H,1,4-8H2,2H3,(H2,15,16,17,18). The van der Waals surface area contributed by atoms with Gasteiger partial charge in [-0.2, -0.15) is 9.97 Å². The molecule has 3 rings (SSSR count). The molecule has 0 saturated carbocycles. The topological polar surface area (TPSA) is 56.8 Å². The Hall–Kier alpha value is -2.04. The van der Waals surface area contributed by atoms with Gasteiger partial charge in [-0.3, -0.25) is 0 Å². The van der Waals surface area contributed by atoms with Crippen molar-refractivity contribution in [1.29, 1.82) is 0 Å². The van der Waals surface area contributed by atoms with Gasteiger partial charge in [0.15, 0.2) is 0 Å². The number of fused-ring (bicyclic) bond motifs is 1. The molecule has 0 aromatic carbocycles. The summed E-state index contributed by atoms with van der Waals surface area (Å²) in [5.74, 6) is 1.70. The fourth-order valence-electron chi connectivity index (χ4n) is 2.49. The highest BCUT2D eigenvalue weighted by Crippen LogP contribution is 2.25. The first-order chi connectivity index (χ1) is 9.28. The maximum absolute atomic E-state index is 4.67. The molecule has 0 amide bonds. The molecule has 1 saturated heterocycles. The average Bonchev–Trinajstić information content (AvgIpc) is 3.03. The van der Waals surface area contributed by atoms with Gasteiger partial charge in [-0.25, -0.2) is 0 Å². The monoisotopic (exact) mass is 257 g/mol. The molecular formula is C14H19N5. The third-order valence-electron chi connectivity index (χ3n) is 3.41. The first kappa shape index (κ1) is 12.0. The van der Waals surface area contributed by atoms with E-state index in [-0.39, 0.29) is 0 Å². The van der Waals surface area contributed by atoms with Crippen LogP contribution in [-0.4, -0.2) is 34.6 Å². The van der Waals surface area contributed by atoms with Gasteiger partial charge in [-0.15, -0.1) is 6.58 Å². The molecule has 0 unspecified atom stereocenters. The van der Waals surface area contributed by atoms with E-state index in [0.29, 0.717) is 6.54 Å². The Labute approximate surface area is 112 Å². The molecule has 19 heavy (non-hydrogen) atoms. The van der Waals surface area contributed by atoms with Crippen LogP contribution < -0.4 is 10.2 Å². The summed E-state index contributed by atoms with van der Waals surface area (Å²) in [7, 11) is 0. The summed E-state index contributed by atoms with van der Waals surface area (Å²) < 4.78 is 0. The van der Waals surface area contributed by atoms with Crippen LogP contribution in [0.4, 0.5) is 11.8 Å². The number of aryl methyl sites for hydroxylation is 1. The highest BCUT2D eigenvalue weighted by molar-refractivity contribution is 5.89. The maximum Gasteiger partial charge on any atom is 0.229 e. The van der Waals surface area contributed by atoms with Crippen LogP contribution in [0.15, 0.2) is 18.7 Å². The molecule has 1 aliphatic heterocycles. The van der Waals surface area contributed by atoms with Crippen LogP contribution in [0.1, 0.15) is 18.5 Å². The lowest BCUT2D eigenvalue weighted by Gasteiger charge is -2.16. The van der Waals surface area contributed by atoms with Crippen molar-refractivity contribution in [2.45, 2.75) is 19.8 Å². The summed E-state index contributed by atoms with van der Waals surface area (Å²) in [5.41, 5.74) is 2.01. The molecule has 2 aromatic rings. The summed E-state index contributed by atoms with van der Waals surface area (Å²) in [6.07, 6.45) is 4.28. The molecule has 5 nitrogen and oxygen atoms in total. The van der Waals surface area contributed by atoms with Crippen molar-refractivity contribution in [3.63, 3.8) is 0 Å².